The standard InChI is InChI=1S/C16H26N4O2/c1-11(2)15(17)16(21)19-9-13-4-5-14(18-8-13)20-6-7-22-12(3)10-20/h4-5,8,11-12,15H,6-7,9-10,17H2,1-3H3,(H,19,21)/t12?,15-/m0/s1. The van der Waals surface area contributed by atoms with Gasteiger partial charge >= 0.3 is 0 Å². The van der Waals surface area contributed by atoms with Crippen LogP contribution in [0.2, 0.25) is 0 Å². The van der Waals surface area contributed by atoms with Crippen molar-refractivity contribution in [1.82, 2.24) is 10.3 Å². The van der Waals surface area contributed by atoms with E-state index < -0.39 is 6.04 Å². The lowest BCUT2D eigenvalue weighted by molar-refractivity contribution is -0.123. The summed E-state index contributed by atoms with van der Waals surface area (Å²) in [6.07, 6.45) is 2.03. The van der Waals surface area contributed by atoms with Crippen molar-refractivity contribution in [2.75, 3.05) is 24.6 Å². The number of nitrogens with two attached hydrogens (primary N) is 1. The molecule has 22 heavy (non-hydrogen) atoms. The summed E-state index contributed by atoms with van der Waals surface area (Å²) in [6, 6.07) is 3.51. The summed E-state index contributed by atoms with van der Waals surface area (Å²) < 4.78 is 5.53. The van der Waals surface area contributed by atoms with Crippen molar-refractivity contribution in [3.63, 3.8) is 0 Å². The van der Waals surface area contributed by atoms with Gasteiger partial charge in [-0.2, -0.15) is 0 Å². The summed E-state index contributed by atoms with van der Waals surface area (Å²) >= 11 is 0. The highest BCUT2D eigenvalue weighted by molar-refractivity contribution is 5.81. The van der Waals surface area contributed by atoms with E-state index >= 15 is 0 Å². The number of nitrogens with one attached hydrogen (secondary N) is 1. The Morgan fingerprint density at radius 2 is 2.32 bits per heavy atom. The minimum absolute atomic E-state index is 0.124. The van der Waals surface area contributed by atoms with Crippen LogP contribution in [0.3, 0.4) is 0 Å². The number of hydrogen-bond acceptors (Lipinski definition) is 5. The smallest absolute Gasteiger partial charge is 0.237 e. The van der Waals surface area contributed by atoms with E-state index in [-0.39, 0.29) is 17.9 Å². The van der Waals surface area contributed by atoms with Crippen LogP contribution in [0.25, 0.3) is 0 Å². The van der Waals surface area contributed by atoms with Crippen LogP contribution in [0.4, 0.5) is 5.82 Å². The fraction of sp³-hybridized carbons (Fsp3) is 0.625. The maximum absolute atomic E-state index is 11.8. The molecule has 1 amide bonds. The molecule has 6 heteroatoms. The molecular formula is C16H26N4O2. The van der Waals surface area contributed by atoms with Gasteiger partial charge in [0.25, 0.3) is 0 Å². The zero-order valence-electron chi connectivity index (χ0n) is 13.6. The second-order valence-electron chi connectivity index (χ2n) is 6.14. The number of pyridine rings is 1. The second kappa shape index (κ2) is 7.56. The quantitative estimate of drug-likeness (QED) is 0.845. The highest BCUT2D eigenvalue weighted by atomic mass is 16.5. The van der Waals surface area contributed by atoms with Crippen molar-refractivity contribution in [3.8, 4) is 0 Å². The van der Waals surface area contributed by atoms with Crippen LogP contribution in [0.15, 0.2) is 18.3 Å². The molecule has 122 valence electrons. The molecule has 0 aliphatic carbocycles. The van der Waals surface area contributed by atoms with E-state index in [0.29, 0.717) is 6.54 Å². The molecular weight excluding hydrogens is 280 g/mol. The van der Waals surface area contributed by atoms with Gasteiger partial charge in [0.15, 0.2) is 0 Å². The van der Waals surface area contributed by atoms with Gasteiger partial charge < -0.3 is 20.7 Å². The van der Waals surface area contributed by atoms with Crippen molar-refractivity contribution in [2.45, 2.75) is 39.5 Å². The molecule has 0 saturated carbocycles. The van der Waals surface area contributed by atoms with Crippen LogP contribution in [0.1, 0.15) is 26.3 Å². The van der Waals surface area contributed by atoms with Gasteiger partial charge in [-0.05, 0) is 24.5 Å². The molecule has 1 aliphatic rings. The van der Waals surface area contributed by atoms with Gasteiger partial charge in [-0.3, -0.25) is 4.79 Å². The molecule has 1 aliphatic heterocycles. The Labute approximate surface area is 132 Å². The summed E-state index contributed by atoms with van der Waals surface area (Å²) in [4.78, 5) is 18.5. The molecule has 1 aromatic rings. The molecule has 0 radical (unpaired) electrons. The first kappa shape index (κ1) is 16.7. The summed E-state index contributed by atoms with van der Waals surface area (Å²) in [7, 11) is 0. The van der Waals surface area contributed by atoms with Crippen LogP contribution >= 0.6 is 0 Å². The lowest BCUT2D eigenvalue weighted by Gasteiger charge is -2.32. The number of morpholine rings is 1. The molecule has 1 aromatic heterocycles. The Bertz CT molecular complexity index is 489. The third-order valence-corrected chi connectivity index (χ3v) is 3.86. The molecule has 1 unspecified atom stereocenters. The first-order valence-corrected chi connectivity index (χ1v) is 7.82. The number of amides is 1. The van der Waals surface area contributed by atoms with Gasteiger partial charge in [-0.15, -0.1) is 0 Å². The Morgan fingerprint density at radius 3 is 2.91 bits per heavy atom. The van der Waals surface area contributed by atoms with Crippen molar-refractivity contribution >= 4 is 11.7 Å². The highest BCUT2D eigenvalue weighted by Crippen LogP contribution is 2.15. The van der Waals surface area contributed by atoms with Crippen molar-refractivity contribution in [1.29, 1.82) is 0 Å². The van der Waals surface area contributed by atoms with Gasteiger partial charge in [-0.1, -0.05) is 19.9 Å². The van der Waals surface area contributed by atoms with Gasteiger partial charge in [-0.25, -0.2) is 4.98 Å². The lowest BCUT2D eigenvalue weighted by Crippen LogP contribution is -2.43. The Balaban J connectivity index is 1.88. The van der Waals surface area contributed by atoms with E-state index in [1.54, 1.807) is 6.20 Å². The Kier molecular flexibility index (Phi) is 5.74. The van der Waals surface area contributed by atoms with Crippen molar-refractivity contribution in [3.05, 3.63) is 23.9 Å². The van der Waals surface area contributed by atoms with Crippen LogP contribution in [-0.2, 0) is 16.1 Å². The van der Waals surface area contributed by atoms with E-state index in [2.05, 4.69) is 22.1 Å². The highest BCUT2D eigenvalue weighted by Gasteiger charge is 2.18. The number of carbonyl (C=O) groups excluding carboxylic acids is 1. The van der Waals surface area contributed by atoms with Crippen molar-refractivity contribution < 1.29 is 9.53 Å². The predicted octanol–water partition coefficient (Wildman–Crippen LogP) is 0.906. The first-order valence-electron chi connectivity index (χ1n) is 7.82. The molecule has 2 rings (SSSR count). The van der Waals surface area contributed by atoms with Crippen molar-refractivity contribution in [2.24, 2.45) is 11.7 Å². The second-order valence-corrected chi connectivity index (χ2v) is 6.14. The third-order valence-electron chi connectivity index (χ3n) is 3.86. The number of hydrogen-bond donors (Lipinski definition) is 2. The number of anilines is 1. The Hall–Kier alpha value is -1.66. The number of nitrogens with zero attached hydrogens (tertiary/aromatic N) is 2. The molecule has 6 nitrogen and oxygen atoms in total. The monoisotopic (exact) mass is 306 g/mol. The molecule has 2 atom stereocenters. The lowest BCUT2D eigenvalue weighted by atomic mass is 10.1. The maximum atomic E-state index is 11.8. The normalized spacial score (nSPS) is 20.0. The first-order chi connectivity index (χ1) is 10.5. The number of ether oxygens (including phenoxy) is 1. The van der Waals surface area contributed by atoms with Gasteiger partial charge in [0.05, 0.1) is 18.8 Å². The molecule has 1 fully saturated rings. The van der Waals surface area contributed by atoms with Crippen LogP contribution in [0.5, 0.6) is 0 Å². The van der Waals surface area contributed by atoms with Gasteiger partial charge in [0, 0.05) is 25.8 Å². The summed E-state index contributed by atoms with van der Waals surface area (Å²) in [5, 5.41) is 2.85. The Morgan fingerprint density at radius 1 is 1.55 bits per heavy atom. The summed E-state index contributed by atoms with van der Waals surface area (Å²) in [5.41, 5.74) is 6.78. The van der Waals surface area contributed by atoms with E-state index in [1.165, 1.54) is 0 Å². The third kappa shape index (κ3) is 4.42. The van der Waals surface area contributed by atoms with Crippen LogP contribution in [-0.4, -0.2) is 42.7 Å². The van der Waals surface area contributed by atoms with E-state index in [9.17, 15) is 4.79 Å². The van der Waals surface area contributed by atoms with E-state index in [0.717, 1.165) is 31.1 Å². The van der Waals surface area contributed by atoms with E-state index in [4.69, 9.17) is 10.5 Å². The fourth-order valence-corrected chi connectivity index (χ4v) is 2.34. The minimum atomic E-state index is -0.470. The van der Waals surface area contributed by atoms with Crippen LogP contribution < -0.4 is 16.0 Å². The molecule has 3 N–H and O–H groups in total. The predicted molar refractivity (Wildman–Crippen MR) is 86.5 cm³/mol. The summed E-state index contributed by atoms with van der Waals surface area (Å²) in [5.74, 6) is 0.953. The number of rotatable bonds is 5. The van der Waals surface area contributed by atoms with E-state index in [1.807, 2.05) is 26.0 Å². The molecule has 0 aromatic carbocycles. The van der Waals surface area contributed by atoms with Gasteiger partial charge in [0.1, 0.15) is 5.82 Å². The topological polar surface area (TPSA) is 80.5 Å². The SMILES string of the molecule is CC1CN(c2ccc(CNC(=O)[C@@H](N)C(C)C)cn2)CCO1. The molecule has 1 saturated heterocycles. The van der Waals surface area contributed by atoms with Gasteiger partial charge in [0.2, 0.25) is 5.91 Å². The average molecular weight is 306 g/mol. The fourth-order valence-electron chi connectivity index (χ4n) is 2.34. The zero-order valence-corrected chi connectivity index (χ0v) is 13.6. The number of carbonyl (C=O) groups is 1. The summed E-state index contributed by atoms with van der Waals surface area (Å²) in [6.45, 7) is 8.82. The molecule has 0 spiro atoms. The largest absolute Gasteiger partial charge is 0.375 e. The molecule has 0 bridgehead atoms. The zero-order chi connectivity index (χ0) is 16.1. The van der Waals surface area contributed by atoms with Crippen LogP contribution in [0, 0.1) is 5.92 Å². The maximum Gasteiger partial charge on any atom is 0.237 e. The minimum Gasteiger partial charge on any atom is -0.375 e. The number of aromatic nitrogens is 1. The average Bonchev–Trinajstić information content (AvgIpc) is 2.52. The molecule has 2 heterocycles.